The highest BCUT2D eigenvalue weighted by Crippen LogP contribution is 2.29. The lowest BCUT2D eigenvalue weighted by Gasteiger charge is -2.32. The molecular formula is C18H24N2O2. The monoisotopic (exact) mass is 300 g/mol. The highest BCUT2D eigenvalue weighted by atomic mass is 16.5. The number of ether oxygens (including phenoxy) is 1. The van der Waals surface area contributed by atoms with Crippen molar-refractivity contribution < 1.29 is 9.15 Å². The van der Waals surface area contributed by atoms with E-state index in [2.05, 4.69) is 16.8 Å². The Balaban J connectivity index is 1.76. The zero-order chi connectivity index (χ0) is 15.4. The first-order chi connectivity index (χ1) is 10.8. The SMILES string of the molecule is CCOc1ccccc1-c1nc(CN2CCCCC2C)co1. The topological polar surface area (TPSA) is 38.5 Å². The number of hydrogen-bond acceptors (Lipinski definition) is 4. The summed E-state index contributed by atoms with van der Waals surface area (Å²) in [4.78, 5) is 7.15. The molecule has 1 saturated heterocycles. The molecule has 1 aliphatic heterocycles. The van der Waals surface area contributed by atoms with E-state index in [1.807, 2.05) is 31.2 Å². The van der Waals surface area contributed by atoms with Crippen molar-refractivity contribution in [3.8, 4) is 17.2 Å². The Morgan fingerprint density at radius 3 is 3.00 bits per heavy atom. The number of oxazole rings is 1. The Labute approximate surface area is 132 Å². The molecule has 1 aromatic carbocycles. The first-order valence-corrected chi connectivity index (χ1v) is 8.18. The summed E-state index contributed by atoms with van der Waals surface area (Å²) in [6.07, 6.45) is 5.67. The van der Waals surface area contributed by atoms with Crippen molar-refractivity contribution in [1.82, 2.24) is 9.88 Å². The molecule has 4 heteroatoms. The van der Waals surface area contributed by atoms with Gasteiger partial charge in [0.25, 0.3) is 0 Å². The third-order valence-corrected chi connectivity index (χ3v) is 4.27. The van der Waals surface area contributed by atoms with Gasteiger partial charge in [0.05, 0.1) is 17.9 Å². The normalized spacial score (nSPS) is 19.3. The van der Waals surface area contributed by atoms with Crippen LogP contribution in [0.3, 0.4) is 0 Å². The van der Waals surface area contributed by atoms with Gasteiger partial charge in [0.1, 0.15) is 12.0 Å². The van der Waals surface area contributed by atoms with Crippen LogP contribution in [0.5, 0.6) is 5.75 Å². The van der Waals surface area contributed by atoms with Crippen LogP contribution < -0.4 is 4.74 Å². The number of nitrogens with zero attached hydrogens (tertiary/aromatic N) is 2. The van der Waals surface area contributed by atoms with Gasteiger partial charge in [0.2, 0.25) is 5.89 Å². The number of likely N-dealkylation sites (tertiary alicyclic amines) is 1. The molecule has 2 heterocycles. The highest BCUT2D eigenvalue weighted by Gasteiger charge is 2.20. The van der Waals surface area contributed by atoms with E-state index in [4.69, 9.17) is 9.15 Å². The van der Waals surface area contributed by atoms with Crippen LogP contribution >= 0.6 is 0 Å². The molecule has 0 N–H and O–H groups in total. The first kappa shape index (κ1) is 15.1. The van der Waals surface area contributed by atoms with Crippen LogP contribution in [0.4, 0.5) is 0 Å². The van der Waals surface area contributed by atoms with Crippen LogP contribution in [0, 0.1) is 0 Å². The zero-order valence-electron chi connectivity index (χ0n) is 13.4. The number of hydrogen-bond donors (Lipinski definition) is 0. The third-order valence-electron chi connectivity index (χ3n) is 4.27. The molecule has 22 heavy (non-hydrogen) atoms. The van der Waals surface area contributed by atoms with E-state index in [0.29, 0.717) is 18.5 Å². The molecule has 1 unspecified atom stereocenters. The lowest BCUT2D eigenvalue weighted by Crippen LogP contribution is -2.36. The molecule has 2 aromatic rings. The van der Waals surface area contributed by atoms with Gasteiger partial charge in [0.15, 0.2) is 0 Å². The van der Waals surface area contributed by atoms with Crippen molar-refractivity contribution in [1.29, 1.82) is 0 Å². The molecular weight excluding hydrogens is 276 g/mol. The smallest absolute Gasteiger partial charge is 0.229 e. The van der Waals surface area contributed by atoms with Gasteiger partial charge in [-0.1, -0.05) is 18.6 Å². The van der Waals surface area contributed by atoms with Crippen LogP contribution in [0.1, 0.15) is 38.8 Å². The second-order valence-electron chi connectivity index (χ2n) is 5.89. The van der Waals surface area contributed by atoms with Crippen molar-refractivity contribution in [3.63, 3.8) is 0 Å². The molecule has 1 aliphatic rings. The molecule has 0 amide bonds. The molecule has 1 atom stereocenters. The molecule has 0 saturated carbocycles. The Morgan fingerprint density at radius 2 is 2.18 bits per heavy atom. The lowest BCUT2D eigenvalue weighted by molar-refractivity contribution is 0.151. The number of para-hydroxylation sites is 1. The van der Waals surface area contributed by atoms with E-state index in [9.17, 15) is 0 Å². The van der Waals surface area contributed by atoms with Crippen LogP contribution in [-0.4, -0.2) is 29.1 Å². The molecule has 3 rings (SSSR count). The van der Waals surface area contributed by atoms with Crippen LogP contribution in [0.15, 0.2) is 34.9 Å². The van der Waals surface area contributed by atoms with E-state index in [1.165, 1.54) is 19.3 Å². The summed E-state index contributed by atoms with van der Waals surface area (Å²) < 4.78 is 11.4. The Morgan fingerprint density at radius 1 is 1.32 bits per heavy atom. The lowest BCUT2D eigenvalue weighted by atomic mass is 10.0. The average Bonchev–Trinajstić information content (AvgIpc) is 2.99. The van der Waals surface area contributed by atoms with E-state index in [0.717, 1.165) is 30.1 Å². The second kappa shape index (κ2) is 6.97. The van der Waals surface area contributed by atoms with Crippen molar-refractivity contribution in [2.45, 2.75) is 45.7 Å². The van der Waals surface area contributed by atoms with Gasteiger partial charge in [0, 0.05) is 12.6 Å². The largest absolute Gasteiger partial charge is 0.493 e. The number of rotatable bonds is 5. The first-order valence-electron chi connectivity index (χ1n) is 8.18. The van der Waals surface area contributed by atoms with Crippen molar-refractivity contribution in [2.24, 2.45) is 0 Å². The summed E-state index contributed by atoms with van der Waals surface area (Å²) in [5.74, 6) is 1.47. The molecule has 0 aliphatic carbocycles. The molecule has 0 bridgehead atoms. The fraction of sp³-hybridized carbons (Fsp3) is 0.500. The molecule has 118 valence electrons. The quantitative estimate of drug-likeness (QED) is 0.832. The van der Waals surface area contributed by atoms with Gasteiger partial charge in [-0.05, 0) is 45.4 Å². The summed E-state index contributed by atoms with van der Waals surface area (Å²) in [7, 11) is 0. The minimum absolute atomic E-state index is 0.629. The van der Waals surface area contributed by atoms with E-state index >= 15 is 0 Å². The fourth-order valence-corrected chi connectivity index (χ4v) is 3.03. The number of piperidine rings is 1. The van der Waals surface area contributed by atoms with Gasteiger partial charge < -0.3 is 9.15 Å². The Kier molecular flexibility index (Phi) is 4.78. The third kappa shape index (κ3) is 3.33. The van der Waals surface area contributed by atoms with Gasteiger partial charge in [-0.3, -0.25) is 4.90 Å². The van der Waals surface area contributed by atoms with E-state index in [1.54, 1.807) is 6.26 Å². The summed E-state index contributed by atoms with van der Waals surface area (Å²) in [5.41, 5.74) is 1.91. The minimum Gasteiger partial charge on any atom is -0.493 e. The maximum absolute atomic E-state index is 5.70. The standard InChI is InChI=1S/C18H24N2O2/c1-3-21-17-10-5-4-9-16(17)18-19-15(13-22-18)12-20-11-7-6-8-14(20)2/h4-5,9-10,13-14H,3,6-8,11-12H2,1-2H3. The highest BCUT2D eigenvalue weighted by molar-refractivity contribution is 5.62. The van der Waals surface area contributed by atoms with Crippen molar-refractivity contribution in [3.05, 3.63) is 36.2 Å². The van der Waals surface area contributed by atoms with Gasteiger partial charge in [-0.25, -0.2) is 4.98 Å². The molecule has 0 spiro atoms. The van der Waals surface area contributed by atoms with E-state index in [-0.39, 0.29) is 0 Å². The molecule has 1 fully saturated rings. The van der Waals surface area contributed by atoms with Gasteiger partial charge in [-0.2, -0.15) is 0 Å². The van der Waals surface area contributed by atoms with Crippen LogP contribution in [0.25, 0.3) is 11.5 Å². The maximum Gasteiger partial charge on any atom is 0.229 e. The molecule has 1 aromatic heterocycles. The zero-order valence-corrected chi connectivity index (χ0v) is 13.4. The maximum atomic E-state index is 5.70. The number of aromatic nitrogens is 1. The summed E-state index contributed by atoms with van der Waals surface area (Å²) >= 11 is 0. The minimum atomic E-state index is 0.629. The Hall–Kier alpha value is -1.81. The second-order valence-corrected chi connectivity index (χ2v) is 5.89. The van der Waals surface area contributed by atoms with E-state index < -0.39 is 0 Å². The summed E-state index contributed by atoms with van der Waals surface area (Å²) in [5, 5.41) is 0. The predicted molar refractivity (Wildman–Crippen MR) is 86.8 cm³/mol. The molecule has 4 nitrogen and oxygen atoms in total. The summed E-state index contributed by atoms with van der Waals surface area (Å²) in [6.45, 7) is 6.93. The van der Waals surface area contributed by atoms with Crippen molar-refractivity contribution in [2.75, 3.05) is 13.2 Å². The van der Waals surface area contributed by atoms with Crippen LogP contribution in [-0.2, 0) is 6.54 Å². The number of benzene rings is 1. The molecule has 0 radical (unpaired) electrons. The van der Waals surface area contributed by atoms with Gasteiger partial charge in [-0.15, -0.1) is 0 Å². The average molecular weight is 300 g/mol. The fourth-order valence-electron chi connectivity index (χ4n) is 3.03. The summed E-state index contributed by atoms with van der Waals surface area (Å²) in [6, 6.07) is 8.52. The van der Waals surface area contributed by atoms with Gasteiger partial charge >= 0.3 is 0 Å². The van der Waals surface area contributed by atoms with Crippen LogP contribution in [0.2, 0.25) is 0 Å². The predicted octanol–water partition coefficient (Wildman–Crippen LogP) is 4.11. The van der Waals surface area contributed by atoms with Crippen molar-refractivity contribution >= 4 is 0 Å². The Bertz CT molecular complexity index is 609.